The first-order valence-corrected chi connectivity index (χ1v) is 5.69. The van der Waals surface area contributed by atoms with Crippen molar-refractivity contribution in [2.45, 2.75) is 6.42 Å². The van der Waals surface area contributed by atoms with E-state index in [0.717, 1.165) is 32.6 Å². The van der Waals surface area contributed by atoms with Gasteiger partial charge in [0.1, 0.15) is 0 Å². The fraction of sp³-hybridized carbons (Fsp3) is 0.500. The van der Waals surface area contributed by atoms with Gasteiger partial charge < -0.3 is 10.2 Å². The summed E-state index contributed by atoms with van der Waals surface area (Å²) in [6.45, 7) is 3.90. The van der Waals surface area contributed by atoms with Crippen molar-refractivity contribution in [2.75, 3.05) is 26.2 Å². The molecule has 1 N–H and O–H groups in total. The number of pyridine rings is 1. The Bertz CT molecular complexity index is 400. The molecule has 1 spiro atoms. The van der Waals surface area contributed by atoms with Gasteiger partial charge in [-0.2, -0.15) is 0 Å². The summed E-state index contributed by atoms with van der Waals surface area (Å²) in [5.74, 6) is 0.122. The van der Waals surface area contributed by atoms with Gasteiger partial charge in [-0.05, 0) is 18.6 Å². The Balaban J connectivity index is 1.73. The van der Waals surface area contributed by atoms with Crippen molar-refractivity contribution in [1.82, 2.24) is 15.2 Å². The molecule has 4 nitrogen and oxygen atoms in total. The van der Waals surface area contributed by atoms with Gasteiger partial charge in [-0.1, -0.05) is 0 Å². The molecule has 4 heteroatoms. The lowest BCUT2D eigenvalue weighted by Gasteiger charge is -2.38. The van der Waals surface area contributed by atoms with Crippen LogP contribution in [0.15, 0.2) is 24.5 Å². The molecule has 0 saturated carbocycles. The van der Waals surface area contributed by atoms with Crippen LogP contribution in [0, 0.1) is 5.41 Å². The van der Waals surface area contributed by atoms with Crippen LogP contribution in [-0.4, -0.2) is 42.0 Å². The molecule has 84 valence electrons. The van der Waals surface area contributed by atoms with Gasteiger partial charge in [-0.25, -0.2) is 0 Å². The Labute approximate surface area is 94.7 Å². The molecule has 1 aromatic heterocycles. The quantitative estimate of drug-likeness (QED) is 0.746. The number of aromatic nitrogens is 1. The van der Waals surface area contributed by atoms with Crippen molar-refractivity contribution in [1.29, 1.82) is 0 Å². The Morgan fingerprint density at radius 2 is 2.38 bits per heavy atom. The molecular weight excluding hydrogens is 202 g/mol. The number of likely N-dealkylation sites (tertiary alicyclic amines) is 1. The predicted molar refractivity (Wildman–Crippen MR) is 60.1 cm³/mol. The Morgan fingerprint density at radius 1 is 1.50 bits per heavy atom. The third kappa shape index (κ3) is 1.50. The van der Waals surface area contributed by atoms with Crippen molar-refractivity contribution in [3.63, 3.8) is 0 Å². The van der Waals surface area contributed by atoms with Crippen LogP contribution in [0.1, 0.15) is 16.8 Å². The first-order valence-electron chi connectivity index (χ1n) is 5.69. The smallest absolute Gasteiger partial charge is 0.255 e. The van der Waals surface area contributed by atoms with E-state index in [9.17, 15) is 4.79 Å². The number of nitrogens with one attached hydrogen (secondary N) is 1. The number of hydrogen-bond donors (Lipinski definition) is 1. The second-order valence-electron chi connectivity index (χ2n) is 4.82. The normalized spacial score (nSPS) is 22.1. The molecule has 2 aliphatic heterocycles. The second kappa shape index (κ2) is 3.56. The van der Waals surface area contributed by atoms with Gasteiger partial charge in [0.2, 0.25) is 0 Å². The van der Waals surface area contributed by atoms with Gasteiger partial charge in [-0.3, -0.25) is 9.78 Å². The molecule has 1 aromatic rings. The van der Waals surface area contributed by atoms with E-state index in [0.29, 0.717) is 11.0 Å². The summed E-state index contributed by atoms with van der Waals surface area (Å²) in [6, 6.07) is 3.64. The van der Waals surface area contributed by atoms with Crippen LogP contribution in [0.3, 0.4) is 0 Å². The molecule has 2 fully saturated rings. The fourth-order valence-electron chi connectivity index (χ4n) is 2.55. The van der Waals surface area contributed by atoms with Gasteiger partial charge in [-0.15, -0.1) is 0 Å². The Morgan fingerprint density at radius 3 is 2.94 bits per heavy atom. The van der Waals surface area contributed by atoms with E-state index in [2.05, 4.69) is 10.3 Å². The topological polar surface area (TPSA) is 45.2 Å². The highest BCUT2D eigenvalue weighted by Crippen LogP contribution is 2.34. The number of amides is 1. The maximum atomic E-state index is 12.1. The lowest BCUT2D eigenvalue weighted by molar-refractivity contribution is 0.0751. The fourth-order valence-corrected chi connectivity index (χ4v) is 2.55. The number of rotatable bonds is 1. The molecule has 1 amide bonds. The molecule has 0 bridgehead atoms. The lowest BCUT2D eigenvalue weighted by Crippen LogP contribution is -2.55. The van der Waals surface area contributed by atoms with Crippen LogP contribution < -0.4 is 5.32 Å². The first kappa shape index (κ1) is 9.78. The zero-order valence-electron chi connectivity index (χ0n) is 9.15. The monoisotopic (exact) mass is 217 g/mol. The average Bonchev–Trinajstić information content (AvgIpc) is 2.74. The van der Waals surface area contributed by atoms with Gasteiger partial charge in [0.05, 0.1) is 5.56 Å². The molecule has 0 unspecified atom stereocenters. The second-order valence-corrected chi connectivity index (χ2v) is 4.82. The van der Waals surface area contributed by atoms with E-state index in [4.69, 9.17) is 0 Å². The van der Waals surface area contributed by atoms with E-state index in [-0.39, 0.29) is 5.91 Å². The van der Waals surface area contributed by atoms with Crippen LogP contribution in [0.25, 0.3) is 0 Å². The minimum Gasteiger partial charge on any atom is -0.338 e. The van der Waals surface area contributed by atoms with Crippen LogP contribution in [0.5, 0.6) is 0 Å². The van der Waals surface area contributed by atoms with E-state index in [1.807, 2.05) is 17.0 Å². The number of carbonyl (C=O) groups is 1. The minimum absolute atomic E-state index is 0.122. The summed E-state index contributed by atoms with van der Waals surface area (Å²) in [4.78, 5) is 18.1. The van der Waals surface area contributed by atoms with Crippen LogP contribution in [-0.2, 0) is 0 Å². The molecule has 3 rings (SSSR count). The SMILES string of the molecule is O=C(c1cccnc1)N1CCC2(CNC2)C1. The zero-order valence-corrected chi connectivity index (χ0v) is 9.15. The molecule has 0 atom stereocenters. The summed E-state index contributed by atoms with van der Waals surface area (Å²) in [7, 11) is 0. The Kier molecular flexibility index (Phi) is 2.17. The molecule has 2 aliphatic rings. The highest BCUT2D eigenvalue weighted by Gasteiger charge is 2.44. The maximum absolute atomic E-state index is 12.1. The average molecular weight is 217 g/mol. The standard InChI is InChI=1S/C12H15N3O/c16-11(10-2-1-4-13-6-10)15-5-3-12(9-15)7-14-8-12/h1-2,4,6,14H,3,5,7-9H2. The number of hydrogen-bond acceptors (Lipinski definition) is 3. The predicted octanol–water partition coefficient (Wildman–Crippen LogP) is 0.517. The summed E-state index contributed by atoms with van der Waals surface area (Å²) in [5.41, 5.74) is 1.07. The van der Waals surface area contributed by atoms with Gasteiger partial charge >= 0.3 is 0 Å². The van der Waals surface area contributed by atoms with E-state index >= 15 is 0 Å². The van der Waals surface area contributed by atoms with E-state index in [1.165, 1.54) is 0 Å². The molecule has 0 aliphatic carbocycles. The summed E-state index contributed by atoms with van der Waals surface area (Å²) < 4.78 is 0. The first-order chi connectivity index (χ1) is 7.79. The van der Waals surface area contributed by atoms with E-state index in [1.54, 1.807) is 12.4 Å². The third-order valence-corrected chi connectivity index (χ3v) is 3.63. The minimum atomic E-state index is 0.122. The van der Waals surface area contributed by atoms with Crippen LogP contribution >= 0.6 is 0 Å². The van der Waals surface area contributed by atoms with Crippen molar-refractivity contribution in [2.24, 2.45) is 5.41 Å². The number of carbonyl (C=O) groups excluding carboxylic acids is 1. The van der Waals surface area contributed by atoms with Crippen molar-refractivity contribution in [3.8, 4) is 0 Å². The lowest BCUT2D eigenvalue weighted by atomic mass is 9.81. The van der Waals surface area contributed by atoms with Crippen molar-refractivity contribution >= 4 is 5.91 Å². The largest absolute Gasteiger partial charge is 0.338 e. The maximum Gasteiger partial charge on any atom is 0.255 e. The van der Waals surface area contributed by atoms with Gasteiger partial charge in [0.25, 0.3) is 5.91 Å². The molecular formula is C12H15N3O. The number of nitrogens with zero attached hydrogens (tertiary/aromatic N) is 2. The van der Waals surface area contributed by atoms with Crippen molar-refractivity contribution < 1.29 is 4.79 Å². The summed E-state index contributed by atoms with van der Waals surface area (Å²) in [6.07, 6.45) is 4.47. The van der Waals surface area contributed by atoms with Crippen LogP contribution in [0.4, 0.5) is 0 Å². The Hall–Kier alpha value is -1.42. The molecule has 0 radical (unpaired) electrons. The molecule has 16 heavy (non-hydrogen) atoms. The van der Waals surface area contributed by atoms with Crippen molar-refractivity contribution in [3.05, 3.63) is 30.1 Å². The highest BCUT2D eigenvalue weighted by molar-refractivity contribution is 5.94. The van der Waals surface area contributed by atoms with Gasteiger partial charge in [0.15, 0.2) is 0 Å². The zero-order chi connectivity index (χ0) is 11.0. The summed E-state index contributed by atoms with van der Waals surface area (Å²) in [5, 5.41) is 3.29. The van der Waals surface area contributed by atoms with E-state index < -0.39 is 0 Å². The van der Waals surface area contributed by atoms with Gasteiger partial charge in [0, 0.05) is 44.0 Å². The highest BCUT2D eigenvalue weighted by atomic mass is 16.2. The molecule has 3 heterocycles. The summed E-state index contributed by atoms with van der Waals surface area (Å²) >= 11 is 0. The third-order valence-electron chi connectivity index (χ3n) is 3.63. The van der Waals surface area contributed by atoms with Crippen LogP contribution in [0.2, 0.25) is 0 Å². The molecule has 0 aromatic carbocycles. The molecule has 2 saturated heterocycles.